The SMILES string of the molecule is Cc1cc(C)c(C2CCN(C)CC2)c2c1OCC2. The van der Waals surface area contributed by atoms with Crippen LogP contribution < -0.4 is 4.74 Å². The van der Waals surface area contributed by atoms with Crippen molar-refractivity contribution in [3.05, 3.63) is 28.3 Å². The fourth-order valence-corrected chi connectivity index (χ4v) is 3.64. The summed E-state index contributed by atoms with van der Waals surface area (Å²) in [6, 6.07) is 2.32. The second-order valence-electron chi connectivity index (χ2n) is 5.91. The molecule has 0 radical (unpaired) electrons. The molecule has 2 heterocycles. The molecule has 2 nitrogen and oxygen atoms in total. The van der Waals surface area contributed by atoms with E-state index in [0.29, 0.717) is 0 Å². The van der Waals surface area contributed by atoms with Crippen molar-refractivity contribution in [2.75, 3.05) is 26.7 Å². The van der Waals surface area contributed by atoms with Gasteiger partial charge in [0.1, 0.15) is 5.75 Å². The van der Waals surface area contributed by atoms with Gasteiger partial charge in [-0.1, -0.05) is 6.07 Å². The maximum atomic E-state index is 5.83. The van der Waals surface area contributed by atoms with Crippen LogP contribution in [0.2, 0.25) is 0 Å². The van der Waals surface area contributed by atoms with Crippen LogP contribution in [-0.4, -0.2) is 31.6 Å². The summed E-state index contributed by atoms with van der Waals surface area (Å²) in [6.45, 7) is 7.79. The normalized spacial score (nSPS) is 20.8. The first-order valence-electron chi connectivity index (χ1n) is 7.11. The van der Waals surface area contributed by atoms with Gasteiger partial charge < -0.3 is 9.64 Å². The van der Waals surface area contributed by atoms with E-state index in [0.717, 1.165) is 18.9 Å². The summed E-state index contributed by atoms with van der Waals surface area (Å²) in [7, 11) is 2.23. The zero-order valence-electron chi connectivity index (χ0n) is 11.8. The number of hydrogen-bond acceptors (Lipinski definition) is 2. The van der Waals surface area contributed by atoms with E-state index in [9.17, 15) is 0 Å². The number of fused-ring (bicyclic) bond motifs is 1. The monoisotopic (exact) mass is 245 g/mol. The molecule has 2 aliphatic rings. The van der Waals surface area contributed by atoms with Crippen molar-refractivity contribution in [2.45, 2.75) is 39.0 Å². The number of piperidine rings is 1. The van der Waals surface area contributed by atoms with E-state index in [1.807, 2.05) is 0 Å². The third-order valence-electron chi connectivity index (χ3n) is 4.54. The van der Waals surface area contributed by atoms with Crippen molar-refractivity contribution in [3.63, 3.8) is 0 Å². The molecule has 0 saturated carbocycles. The Balaban J connectivity index is 1.99. The molecule has 2 aliphatic heterocycles. The van der Waals surface area contributed by atoms with Gasteiger partial charge in [-0.25, -0.2) is 0 Å². The van der Waals surface area contributed by atoms with E-state index in [2.05, 4.69) is 31.9 Å². The lowest BCUT2D eigenvalue weighted by molar-refractivity contribution is 0.254. The predicted molar refractivity (Wildman–Crippen MR) is 74.6 cm³/mol. The summed E-state index contributed by atoms with van der Waals surface area (Å²) in [6.07, 6.45) is 3.71. The molecule has 18 heavy (non-hydrogen) atoms. The molecular formula is C16H23NO. The second-order valence-corrected chi connectivity index (χ2v) is 5.91. The van der Waals surface area contributed by atoms with Crippen molar-refractivity contribution in [2.24, 2.45) is 0 Å². The number of ether oxygens (including phenoxy) is 1. The molecule has 0 atom stereocenters. The third-order valence-corrected chi connectivity index (χ3v) is 4.54. The maximum absolute atomic E-state index is 5.83. The van der Waals surface area contributed by atoms with Crippen molar-refractivity contribution >= 4 is 0 Å². The topological polar surface area (TPSA) is 12.5 Å². The Hall–Kier alpha value is -1.02. The van der Waals surface area contributed by atoms with Crippen LogP contribution in [0.5, 0.6) is 5.75 Å². The van der Waals surface area contributed by atoms with Gasteiger partial charge in [-0.3, -0.25) is 0 Å². The molecule has 0 unspecified atom stereocenters. The number of rotatable bonds is 1. The molecule has 1 fully saturated rings. The maximum Gasteiger partial charge on any atom is 0.125 e. The Kier molecular flexibility index (Phi) is 3.06. The van der Waals surface area contributed by atoms with Gasteiger partial charge in [-0.15, -0.1) is 0 Å². The molecule has 98 valence electrons. The molecule has 1 aromatic rings. The number of hydrogen-bond donors (Lipinski definition) is 0. The van der Waals surface area contributed by atoms with Crippen LogP contribution in [0, 0.1) is 13.8 Å². The Morgan fingerprint density at radius 2 is 1.89 bits per heavy atom. The molecule has 1 saturated heterocycles. The highest BCUT2D eigenvalue weighted by Gasteiger charge is 2.27. The number of aryl methyl sites for hydroxylation is 2. The van der Waals surface area contributed by atoms with Gasteiger partial charge in [0, 0.05) is 12.0 Å². The first-order valence-corrected chi connectivity index (χ1v) is 7.11. The van der Waals surface area contributed by atoms with E-state index in [-0.39, 0.29) is 0 Å². The molecule has 0 bridgehead atoms. The lowest BCUT2D eigenvalue weighted by atomic mass is 9.82. The molecule has 0 aromatic heterocycles. The van der Waals surface area contributed by atoms with Gasteiger partial charge in [0.15, 0.2) is 0 Å². The van der Waals surface area contributed by atoms with Gasteiger partial charge in [0.25, 0.3) is 0 Å². The number of benzene rings is 1. The van der Waals surface area contributed by atoms with Gasteiger partial charge in [0.2, 0.25) is 0 Å². The van der Waals surface area contributed by atoms with Gasteiger partial charge >= 0.3 is 0 Å². The highest BCUT2D eigenvalue weighted by molar-refractivity contribution is 5.53. The molecular weight excluding hydrogens is 222 g/mol. The van der Waals surface area contributed by atoms with Gasteiger partial charge in [-0.05, 0) is 69.4 Å². The summed E-state index contributed by atoms with van der Waals surface area (Å²) in [4.78, 5) is 2.44. The fourth-order valence-electron chi connectivity index (χ4n) is 3.64. The first kappa shape index (κ1) is 12.0. The van der Waals surface area contributed by atoms with E-state index in [1.54, 1.807) is 5.56 Å². The van der Waals surface area contributed by atoms with E-state index >= 15 is 0 Å². The summed E-state index contributed by atoms with van der Waals surface area (Å²) < 4.78 is 5.83. The van der Waals surface area contributed by atoms with Crippen molar-refractivity contribution in [3.8, 4) is 5.75 Å². The molecule has 3 rings (SSSR count). The quantitative estimate of drug-likeness (QED) is 0.754. The summed E-state index contributed by atoms with van der Waals surface area (Å²) in [5.41, 5.74) is 5.92. The largest absolute Gasteiger partial charge is 0.493 e. The molecule has 0 aliphatic carbocycles. The van der Waals surface area contributed by atoms with Crippen molar-refractivity contribution in [1.29, 1.82) is 0 Å². The average molecular weight is 245 g/mol. The predicted octanol–water partition coefficient (Wildman–Crippen LogP) is 3.05. The molecule has 0 amide bonds. The minimum absolute atomic E-state index is 0.747. The van der Waals surface area contributed by atoms with Gasteiger partial charge in [0.05, 0.1) is 6.61 Å². The zero-order chi connectivity index (χ0) is 12.7. The van der Waals surface area contributed by atoms with E-state index in [4.69, 9.17) is 4.74 Å². The summed E-state index contributed by atoms with van der Waals surface area (Å²) >= 11 is 0. The second kappa shape index (κ2) is 4.58. The molecule has 0 spiro atoms. The van der Waals surface area contributed by atoms with Crippen LogP contribution >= 0.6 is 0 Å². The van der Waals surface area contributed by atoms with Crippen LogP contribution in [0.25, 0.3) is 0 Å². The molecule has 1 aromatic carbocycles. The molecule has 0 N–H and O–H groups in total. The van der Waals surface area contributed by atoms with Crippen LogP contribution in [0.3, 0.4) is 0 Å². The van der Waals surface area contributed by atoms with Crippen molar-refractivity contribution in [1.82, 2.24) is 4.90 Å². The van der Waals surface area contributed by atoms with Crippen LogP contribution in [-0.2, 0) is 6.42 Å². The lowest BCUT2D eigenvalue weighted by Crippen LogP contribution is -2.29. The standard InChI is InChI=1S/C16H23NO/c1-11-10-12(2)16-14(6-9-18-16)15(11)13-4-7-17(3)8-5-13/h10,13H,4-9H2,1-3H3. The Bertz CT molecular complexity index is 459. The Morgan fingerprint density at radius 3 is 2.61 bits per heavy atom. The van der Waals surface area contributed by atoms with Crippen LogP contribution in [0.1, 0.15) is 41.0 Å². The smallest absolute Gasteiger partial charge is 0.125 e. The van der Waals surface area contributed by atoms with Gasteiger partial charge in [-0.2, -0.15) is 0 Å². The fraction of sp³-hybridized carbons (Fsp3) is 0.625. The number of likely N-dealkylation sites (tertiary alicyclic amines) is 1. The Morgan fingerprint density at radius 1 is 1.17 bits per heavy atom. The molecule has 2 heteroatoms. The summed E-state index contributed by atoms with van der Waals surface area (Å²) in [5, 5.41) is 0. The third kappa shape index (κ3) is 1.93. The lowest BCUT2D eigenvalue weighted by Gasteiger charge is -2.31. The minimum atomic E-state index is 0.747. The summed E-state index contributed by atoms with van der Waals surface area (Å²) in [5.74, 6) is 1.94. The minimum Gasteiger partial charge on any atom is -0.493 e. The number of nitrogens with zero attached hydrogens (tertiary/aromatic N) is 1. The first-order chi connectivity index (χ1) is 8.66. The zero-order valence-corrected chi connectivity index (χ0v) is 11.8. The Labute approximate surface area is 110 Å². The van der Waals surface area contributed by atoms with Crippen LogP contribution in [0.15, 0.2) is 6.07 Å². The van der Waals surface area contributed by atoms with E-state index < -0.39 is 0 Å². The van der Waals surface area contributed by atoms with Crippen LogP contribution in [0.4, 0.5) is 0 Å². The average Bonchev–Trinajstić information content (AvgIpc) is 2.81. The van der Waals surface area contributed by atoms with E-state index in [1.165, 1.54) is 48.4 Å². The highest BCUT2D eigenvalue weighted by atomic mass is 16.5. The van der Waals surface area contributed by atoms with Crippen molar-refractivity contribution < 1.29 is 4.74 Å². The highest BCUT2D eigenvalue weighted by Crippen LogP contribution is 2.40.